The predicted molar refractivity (Wildman–Crippen MR) is 87.6 cm³/mol. The zero-order valence-corrected chi connectivity index (χ0v) is 13.5. The van der Waals surface area contributed by atoms with Gasteiger partial charge in [0.25, 0.3) is 0 Å². The van der Waals surface area contributed by atoms with E-state index >= 15 is 0 Å². The molecule has 0 amide bonds. The number of hydrogen-bond acceptors (Lipinski definition) is 5. The summed E-state index contributed by atoms with van der Waals surface area (Å²) in [6.07, 6.45) is 4.13. The highest BCUT2D eigenvalue weighted by atomic mass is 16.5. The minimum Gasteiger partial charge on any atom is -0.381 e. The molecule has 0 aliphatic carbocycles. The molecule has 2 aliphatic heterocycles. The van der Waals surface area contributed by atoms with Gasteiger partial charge < -0.3 is 14.0 Å². The van der Waals surface area contributed by atoms with Crippen molar-refractivity contribution >= 4 is 11.2 Å². The maximum Gasteiger partial charge on any atom is 0.160 e. The summed E-state index contributed by atoms with van der Waals surface area (Å²) in [7, 11) is 0. The van der Waals surface area contributed by atoms with Gasteiger partial charge in [0.05, 0.1) is 19.8 Å². The van der Waals surface area contributed by atoms with Crippen molar-refractivity contribution in [3.63, 3.8) is 0 Å². The lowest BCUT2D eigenvalue weighted by atomic mass is 10.0. The van der Waals surface area contributed by atoms with Crippen molar-refractivity contribution in [2.24, 2.45) is 0 Å². The minimum absolute atomic E-state index is 0.391. The highest BCUT2D eigenvalue weighted by Crippen LogP contribution is 2.27. The van der Waals surface area contributed by atoms with Crippen LogP contribution in [0.25, 0.3) is 11.2 Å². The standard InChI is InChI=1S/C17H24N4O2/c1-4-15-17(18-5-1)21(7-6-20-8-11-22-12-9-20)16(19-15)14-3-2-10-23-13-14/h1,4-5,14H,2-3,6-13H2. The summed E-state index contributed by atoms with van der Waals surface area (Å²) in [6.45, 7) is 7.32. The lowest BCUT2D eigenvalue weighted by Crippen LogP contribution is -2.38. The fourth-order valence-corrected chi connectivity index (χ4v) is 3.52. The number of ether oxygens (including phenoxy) is 2. The van der Waals surface area contributed by atoms with Gasteiger partial charge in [0, 0.05) is 44.9 Å². The van der Waals surface area contributed by atoms with Gasteiger partial charge in [-0.05, 0) is 25.0 Å². The number of rotatable bonds is 4. The fourth-order valence-electron chi connectivity index (χ4n) is 3.52. The number of imidazole rings is 1. The summed E-state index contributed by atoms with van der Waals surface area (Å²) >= 11 is 0. The Balaban J connectivity index is 1.59. The molecule has 0 bridgehead atoms. The first kappa shape index (κ1) is 15.1. The van der Waals surface area contributed by atoms with Crippen LogP contribution in [0.15, 0.2) is 18.3 Å². The quantitative estimate of drug-likeness (QED) is 0.858. The normalized spacial score (nSPS) is 23.4. The number of fused-ring (bicyclic) bond motifs is 1. The van der Waals surface area contributed by atoms with Crippen LogP contribution in [0.3, 0.4) is 0 Å². The topological polar surface area (TPSA) is 52.4 Å². The van der Waals surface area contributed by atoms with Gasteiger partial charge in [-0.2, -0.15) is 0 Å². The van der Waals surface area contributed by atoms with Gasteiger partial charge in [-0.15, -0.1) is 0 Å². The molecule has 0 N–H and O–H groups in total. The molecule has 0 aromatic carbocycles. The summed E-state index contributed by atoms with van der Waals surface area (Å²) in [4.78, 5) is 11.9. The van der Waals surface area contributed by atoms with E-state index in [1.165, 1.54) is 0 Å². The second-order valence-corrected chi connectivity index (χ2v) is 6.34. The van der Waals surface area contributed by atoms with Gasteiger partial charge in [-0.1, -0.05) is 0 Å². The SMILES string of the molecule is c1cnc2c(c1)nc(C1CCCOC1)n2CCN1CCOCC1. The van der Waals surface area contributed by atoms with E-state index in [1.54, 1.807) is 0 Å². The molecule has 0 radical (unpaired) electrons. The molecule has 2 aromatic rings. The lowest BCUT2D eigenvalue weighted by molar-refractivity contribution is 0.0361. The molecule has 6 heteroatoms. The molecular weight excluding hydrogens is 292 g/mol. The van der Waals surface area contributed by atoms with Crippen LogP contribution in [0.4, 0.5) is 0 Å². The van der Waals surface area contributed by atoms with Crippen LogP contribution in [0, 0.1) is 0 Å². The summed E-state index contributed by atoms with van der Waals surface area (Å²) < 4.78 is 13.4. The molecule has 1 atom stereocenters. The van der Waals surface area contributed by atoms with Gasteiger partial charge in [0.15, 0.2) is 5.65 Å². The summed E-state index contributed by atoms with van der Waals surface area (Å²) in [5.74, 6) is 1.54. The first-order valence-electron chi connectivity index (χ1n) is 8.61. The zero-order chi connectivity index (χ0) is 15.5. The number of morpholine rings is 1. The fraction of sp³-hybridized carbons (Fsp3) is 0.647. The zero-order valence-electron chi connectivity index (χ0n) is 13.5. The maximum atomic E-state index is 5.68. The van der Waals surface area contributed by atoms with Gasteiger partial charge >= 0.3 is 0 Å². The van der Waals surface area contributed by atoms with Crippen molar-refractivity contribution < 1.29 is 9.47 Å². The first-order chi connectivity index (χ1) is 11.4. The molecule has 2 aromatic heterocycles. The Kier molecular flexibility index (Phi) is 4.55. The second kappa shape index (κ2) is 6.95. The molecule has 2 aliphatic rings. The average Bonchev–Trinajstić information content (AvgIpc) is 3.00. The minimum atomic E-state index is 0.391. The molecular formula is C17H24N4O2. The predicted octanol–water partition coefficient (Wildman–Crippen LogP) is 1.66. The third-order valence-corrected chi connectivity index (χ3v) is 4.80. The van der Waals surface area contributed by atoms with E-state index in [4.69, 9.17) is 14.5 Å². The van der Waals surface area contributed by atoms with Gasteiger partial charge in [0.2, 0.25) is 0 Å². The lowest BCUT2D eigenvalue weighted by Gasteiger charge is -2.27. The highest BCUT2D eigenvalue weighted by molar-refractivity contribution is 5.71. The Morgan fingerprint density at radius 1 is 1.13 bits per heavy atom. The Morgan fingerprint density at radius 2 is 2.04 bits per heavy atom. The smallest absolute Gasteiger partial charge is 0.160 e. The van der Waals surface area contributed by atoms with E-state index in [-0.39, 0.29) is 0 Å². The first-order valence-corrected chi connectivity index (χ1v) is 8.61. The Labute approximate surface area is 136 Å². The molecule has 4 heterocycles. The van der Waals surface area contributed by atoms with Gasteiger partial charge in [0.1, 0.15) is 11.3 Å². The largest absolute Gasteiger partial charge is 0.381 e. The van der Waals surface area contributed by atoms with E-state index < -0.39 is 0 Å². The van der Waals surface area contributed by atoms with Crippen molar-refractivity contribution in [3.8, 4) is 0 Å². The van der Waals surface area contributed by atoms with Crippen molar-refractivity contribution in [2.45, 2.75) is 25.3 Å². The highest BCUT2D eigenvalue weighted by Gasteiger charge is 2.23. The van der Waals surface area contributed by atoms with E-state index in [0.29, 0.717) is 5.92 Å². The van der Waals surface area contributed by atoms with Crippen molar-refractivity contribution in [3.05, 3.63) is 24.2 Å². The van der Waals surface area contributed by atoms with E-state index in [0.717, 1.165) is 82.4 Å². The van der Waals surface area contributed by atoms with Crippen LogP contribution >= 0.6 is 0 Å². The second-order valence-electron chi connectivity index (χ2n) is 6.34. The van der Waals surface area contributed by atoms with E-state index in [1.807, 2.05) is 12.3 Å². The van der Waals surface area contributed by atoms with Crippen LogP contribution in [0.2, 0.25) is 0 Å². The molecule has 4 rings (SSSR count). The van der Waals surface area contributed by atoms with Gasteiger partial charge in [-0.3, -0.25) is 4.90 Å². The summed E-state index contributed by atoms with van der Waals surface area (Å²) in [5.41, 5.74) is 2.00. The molecule has 124 valence electrons. The Bertz CT molecular complexity index is 645. The van der Waals surface area contributed by atoms with Crippen LogP contribution in [-0.4, -0.2) is 65.5 Å². The third-order valence-electron chi connectivity index (χ3n) is 4.80. The molecule has 2 saturated heterocycles. The van der Waals surface area contributed by atoms with E-state index in [9.17, 15) is 0 Å². The van der Waals surface area contributed by atoms with Crippen molar-refractivity contribution in [1.29, 1.82) is 0 Å². The number of hydrogen-bond donors (Lipinski definition) is 0. The molecule has 23 heavy (non-hydrogen) atoms. The van der Waals surface area contributed by atoms with E-state index in [2.05, 4.69) is 20.5 Å². The Morgan fingerprint density at radius 3 is 2.87 bits per heavy atom. The third kappa shape index (κ3) is 3.24. The molecule has 0 spiro atoms. The summed E-state index contributed by atoms with van der Waals surface area (Å²) in [5, 5.41) is 0. The molecule has 0 saturated carbocycles. The van der Waals surface area contributed by atoms with Crippen molar-refractivity contribution in [1.82, 2.24) is 19.4 Å². The molecule has 2 fully saturated rings. The number of aromatic nitrogens is 3. The Hall–Kier alpha value is -1.50. The number of pyridine rings is 1. The van der Waals surface area contributed by atoms with Crippen LogP contribution in [0.5, 0.6) is 0 Å². The van der Waals surface area contributed by atoms with Crippen LogP contribution in [0.1, 0.15) is 24.6 Å². The van der Waals surface area contributed by atoms with Crippen molar-refractivity contribution in [2.75, 3.05) is 46.1 Å². The maximum absolute atomic E-state index is 5.68. The van der Waals surface area contributed by atoms with Crippen LogP contribution in [-0.2, 0) is 16.0 Å². The monoisotopic (exact) mass is 316 g/mol. The summed E-state index contributed by atoms with van der Waals surface area (Å²) in [6, 6.07) is 4.02. The van der Waals surface area contributed by atoms with Crippen LogP contribution < -0.4 is 0 Å². The molecule has 1 unspecified atom stereocenters. The number of nitrogens with zero attached hydrogens (tertiary/aromatic N) is 4. The molecule has 6 nitrogen and oxygen atoms in total. The van der Waals surface area contributed by atoms with Gasteiger partial charge in [-0.25, -0.2) is 9.97 Å². The average molecular weight is 316 g/mol.